The summed E-state index contributed by atoms with van der Waals surface area (Å²) in [5.41, 5.74) is 5.23. The highest BCUT2D eigenvalue weighted by Crippen LogP contribution is 2.24. The molecule has 0 fully saturated rings. The highest BCUT2D eigenvalue weighted by atomic mass is 35.5. The molecule has 0 amide bonds. The van der Waals surface area contributed by atoms with Crippen LogP contribution in [0.15, 0.2) is 18.2 Å². The quantitative estimate of drug-likeness (QED) is 0.811. The predicted molar refractivity (Wildman–Crippen MR) is 54.4 cm³/mol. The number of alkyl halides is 2. The van der Waals surface area contributed by atoms with Gasteiger partial charge in [-0.25, -0.2) is 8.42 Å². The fraction of sp³-hybridized carbons (Fsp3) is 0.143. The highest BCUT2D eigenvalue weighted by Gasteiger charge is 2.24. The summed E-state index contributed by atoms with van der Waals surface area (Å²) in [6.45, 7) is 0. The van der Waals surface area contributed by atoms with Gasteiger partial charge in [-0.15, -0.1) is 0 Å². The van der Waals surface area contributed by atoms with Gasteiger partial charge in [0.05, 0.1) is 11.4 Å². The maximum Gasteiger partial charge on any atom is 0.355 e. The van der Waals surface area contributed by atoms with Crippen LogP contribution < -0.4 is 10.5 Å². The molecule has 1 aromatic rings. The molecule has 0 bridgehead atoms. The van der Waals surface area contributed by atoms with Crippen LogP contribution >= 0.6 is 11.6 Å². The number of hydrogen-bond donors (Lipinski definition) is 2. The summed E-state index contributed by atoms with van der Waals surface area (Å²) in [4.78, 5) is 0. The standard InChI is InChI=1S/C7H7ClF2N2O2S/c8-4-1-2-6(5(11)3-4)12-15(13,14)7(9)10/h1-3,7,12H,11H2. The second-order valence-corrected chi connectivity index (χ2v) is 4.73. The Balaban J connectivity index is 3.01. The topological polar surface area (TPSA) is 72.2 Å². The van der Waals surface area contributed by atoms with Crippen molar-refractivity contribution in [2.75, 3.05) is 10.5 Å². The Hall–Kier alpha value is -1.08. The first-order valence-electron chi connectivity index (χ1n) is 3.68. The van der Waals surface area contributed by atoms with Crippen LogP contribution in [0.5, 0.6) is 0 Å². The van der Waals surface area contributed by atoms with Crippen molar-refractivity contribution >= 4 is 33.0 Å². The van der Waals surface area contributed by atoms with Crippen LogP contribution in [0.1, 0.15) is 0 Å². The summed E-state index contributed by atoms with van der Waals surface area (Å²) in [5.74, 6) is -3.51. The number of hydrogen-bond acceptors (Lipinski definition) is 3. The van der Waals surface area contributed by atoms with Crippen molar-refractivity contribution in [3.63, 3.8) is 0 Å². The first kappa shape index (κ1) is 12.0. The van der Waals surface area contributed by atoms with Crippen LogP contribution in [0.4, 0.5) is 20.2 Å². The first-order chi connectivity index (χ1) is 6.83. The molecule has 0 atom stereocenters. The number of nitrogens with two attached hydrogens (primary N) is 1. The smallest absolute Gasteiger partial charge is 0.355 e. The number of rotatable bonds is 3. The van der Waals surface area contributed by atoms with E-state index in [1.54, 1.807) is 4.72 Å². The minimum absolute atomic E-state index is 0.0216. The number of benzene rings is 1. The van der Waals surface area contributed by atoms with Crippen molar-refractivity contribution in [2.24, 2.45) is 0 Å². The van der Waals surface area contributed by atoms with Crippen molar-refractivity contribution in [2.45, 2.75) is 5.76 Å². The number of nitrogen functional groups attached to an aromatic ring is 1. The Morgan fingerprint density at radius 2 is 2.00 bits per heavy atom. The van der Waals surface area contributed by atoms with Gasteiger partial charge in [-0.05, 0) is 18.2 Å². The molecule has 0 radical (unpaired) electrons. The van der Waals surface area contributed by atoms with Crippen LogP contribution in [0.3, 0.4) is 0 Å². The molecule has 8 heteroatoms. The van der Waals surface area contributed by atoms with Crippen molar-refractivity contribution in [3.8, 4) is 0 Å². The molecule has 0 saturated carbocycles. The Kier molecular flexibility index (Phi) is 3.35. The minimum Gasteiger partial charge on any atom is -0.397 e. The molecule has 0 aromatic heterocycles. The van der Waals surface area contributed by atoms with Crippen molar-refractivity contribution < 1.29 is 17.2 Å². The molecule has 84 valence electrons. The Labute approximate surface area is 90.1 Å². The van der Waals surface area contributed by atoms with Crippen molar-refractivity contribution in [1.82, 2.24) is 0 Å². The zero-order valence-electron chi connectivity index (χ0n) is 7.25. The molecule has 15 heavy (non-hydrogen) atoms. The van der Waals surface area contributed by atoms with E-state index in [4.69, 9.17) is 17.3 Å². The van der Waals surface area contributed by atoms with E-state index in [0.29, 0.717) is 0 Å². The SMILES string of the molecule is Nc1cc(Cl)ccc1NS(=O)(=O)C(F)F. The summed E-state index contributed by atoms with van der Waals surface area (Å²) in [6.07, 6.45) is 0. The van der Waals surface area contributed by atoms with Gasteiger partial charge in [-0.3, -0.25) is 4.72 Å². The third-order valence-corrected chi connectivity index (χ3v) is 2.71. The van der Waals surface area contributed by atoms with Gasteiger partial charge in [-0.2, -0.15) is 8.78 Å². The zero-order valence-corrected chi connectivity index (χ0v) is 8.82. The lowest BCUT2D eigenvalue weighted by molar-refractivity contribution is 0.236. The number of sulfonamides is 1. The summed E-state index contributed by atoms with van der Waals surface area (Å²) in [6, 6.07) is 3.80. The Morgan fingerprint density at radius 3 is 2.47 bits per heavy atom. The number of nitrogens with one attached hydrogen (secondary N) is 1. The van der Waals surface area contributed by atoms with Gasteiger partial charge in [-0.1, -0.05) is 11.6 Å². The summed E-state index contributed by atoms with van der Waals surface area (Å²) >= 11 is 5.55. The molecule has 0 aliphatic carbocycles. The van der Waals surface area contributed by atoms with E-state index in [0.717, 1.165) is 0 Å². The average Bonchev–Trinajstić information content (AvgIpc) is 2.09. The third-order valence-electron chi connectivity index (χ3n) is 1.50. The van der Waals surface area contributed by atoms with E-state index < -0.39 is 15.8 Å². The minimum atomic E-state index is -4.69. The van der Waals surface area contributed by atoms with Crippen LogP contribution in [-0.2, 0) is 10.0 Å². The largest absolute Gasteiger partial charge is 0.397 e. The molecule has 3 N–H and O–H groups in total. The van der Waals surface area contributed by atoms with Crippen LogP contribution in [0, 0.1) is 0 Å². The van der Waals surface area contributed by atoms with Gasteiger partial charge in [0, 0.05) is 5.02 Å². The van der Waals surface area contributed by atoms with Gasteiger partial charge in [0.15, 0.2) is 0 Å². The second kappa shape index (κ2) is 4.19. The lowest BCUT2D eigenvalue weighted by atomic mass is 10.3. The van der Waals surface area contributed by atoms with Gasteiger partial charge in [0.1, 0.15) is 0 Å². The Bertz CT molecular complexity index is 464. The number of halogens is 3. The van der Waals surface area contributed by atoms with Gasteiger partial charge in [0.2, 0.25) is 0 Å². The lowest BCUT2D eigenvalue weighted by Gasteiger charge is -2.09. The zero-order chi connectivity index (χ0) is 11.6. The molecule has 0 saturated heterocycles. The monoisotopic (exact) mass is 256 g/mol. The molecule has 1 aromatic carbocycles. The maximum absolute atomic E-state index is 12.0. The van der Waals surface area contributed by atoms with Gasteiger partial charge < -0.3 is 5.73 Å². The van der Waals surface area contributed by atoms with Gasteiger partial charge in [0.25, 0.3) is 10.0 Å². The molecule has 0 aliphatic heterocycles. The molecule has 0 aliphatic rings. The Morgan fingerprint density at radius 1 is 1.40 bits per heavy atom. The maximum atomic E-state index is 12.0. The molecule has 0 spiro atoms. The van der Waals surface area contributed by atoms with E-state index >= 15 is 0 Å². The second-order valence-electron chi connectivity index (χ2n) is 2.64. The van der Waals surface area contributed by atoms with E-state index in [1.165, 1.54) is 18.2 Å². The van der Waals surface area contributed by atoms with Crippen LogP contribution in [0.2, 0.25) is 5.02 Å². The fourth-order valence-corrected chi connectivity index (χ4v) is 1.59. The molecular weight excluding hydrogens is 250 g/mol. The lowest BCUT2D eigenvalue weighted by Crippen LogP contribution is -2.21. The van der Waals surface area contributed by atoms with Crippen molar-refractivity contribution in [3.05, 3.63) is 23.2 Å². The fourth-order valence-electron chi connectivity index (χ4n) is 0.824. The number of anilines is 2. The predicted octanol–water partition coefficient (Wildman–Crippen LogP) is 1.89. The summed E-state index contributed by atoms with van der Waals surface area (Å²) in [7, 11) is -4.69. The average molecular weight is 257 g/mol. The van der Waals surface area contributed by atoms with E-state index in [1.807, 2.05) is 0 Å². The van der Waals surface area contributed by atoms with Crippen LogP contribution in [0.25, 0.3) is 0 Å². The highest BCUT2D eigenvalue weighted by molar-refractivity contribution is 7.93. The van der Waals surface area contributed by atoms with E-state index in [2.05, 4.69) is 0 Å². The first-order valence-corrected chi connectivity index (χ1v) is 5.60. The molecule has 4 nitrogen and oxygen atoms in total. The van der Waals surface area contributed by atoms with Crippen molar-refractivity contribution in [1.29, 1.82) is 0 Å². The van der Waals surface area contributed by atoms with E-state index in [9.17, 15) is 17.2 Å². The van der Waals surface area contributed by atoms with E-state index in [-0.39, 0.29) is 16.4 Å². The van der Waals surface area contributed by atoms with Gasteiger partial charge >= 0.3 is 5.76 Å². The summed E-state index contributed by atoms with van der Waals surface area (Å²) < 4.78 is 47.2. The third kappa shape index (κ3) is 2.93. The molecule has 1 rings (SSSR count). The molecule has 0 heterocycles. The molecule has 0 unspecified atom stereocenters. The molecular formula is C7H7ClF2N2O2S. The van der Waals surface area contributed by atoms with Crippen LogP contribution in [-0.4, -0.2) is 14.2 Å². The summed E-state index contributed by atoms with van der Waals surface area (Å²) in [5, 5.41) is 0.285. The normalized spacial score (nSPS) is 11.7.